The molecule has 1 amide bonds. The second-order valence-electron chi connectivity index (χ2n) is 8.08. The normalized spacial score (nSPS) is 24.2. The highest BCUT2D eigenvalue weighted by Gasteiger charge is 2.31. The van der Waals surface area contributed by atoms with Crippen LogP contribution in [0.15, 0.2) is 0 Å². The van der Waals surface area contributed by atoms with Gasteiger partial charge in [0.1, 0.15) is 5.60 Å². The third kappa shape index (κ3) is 6.30. The van der Waals surface area contributed by atoms with Crippen molar-refractivity contribution in [3.8, 4) is 0 Å². The molecule has 2 unspecified atom stereocenters. The van der Waals surface area contributed by atoms with Gasteiger partial charge in [0.05, 0.1) is 19.3 Å². The first-order chi connectivity index (χ1) is 10.8. The van der Waals surface area contributed by atoms with Crippen LogP contribution in [0.3, 0.4) is 0 Å². The summed E-state index contributed by atoms with van der Waals surface area (Å²) in [6, 6.07) is 0.483. The lowest BCUT2D eigenvalue weighted by atomic mass is 9.83. The molecule has 0 bridgehead atoms. The van der Waals surface area contributed by atoms with Crippen molar-refractivity contribution in [2.24, 2.45) is 5.92 Å². The predicted molar refractivity (Wildman–Crippen MR) is 91.6 cm³/mol. The van der Waals surface area contributed by atoms with Crippen molar-refractivity contribution in [3.05, 3.63) is 0 Å². The van der Waals surface area contributed by atoms with Crippen molar-refractivity contribution in [1.82, 2.24) is 10.2 Å². The standard InChI is InChI=1S/C18H34N2O3/c1-14(19-9-8-15-6-5-7-15)12-16-13-22-11-10-20(16)17(21)23-18(2,3)4/h14-16,19H,5-13H2,1-4H3. The van der Waals surface area contributed by atoms with E-state index in [2.05, 4.69) is 12.2 Å². The Morgan fingerprint density at radius 3 is 2.74 bits per heavy atom. The van der Waals surface area contributed by atoms with E-state index < -0.39 is 5.60 Å². The Morgan fingerprint density at radius 2 is 2.13 bits per heavy atom. The summed E-state index contributed by atoms with van der Waals surface area (Å²) in [5.41, 5.74) is -0.452. The molecule has 5 heteroatoms. The number of nitrogens with zero attached hydrogens (tertiary/aromatic N) is 1. The van der Waals surface area contributed by atoms with E-state index in [1.807, 2.05) is 25.7 Å². The monoisotopic (exact) mass is 326 g/mol. The van der Waals surface area contributed by atoms with Crippen LogP contribution in [0.25, 0.3) is 0 Å². The number of hydrogen-bond acceptors (Lipinski definition) is 4. The first-order valence-corrected chi connectivity index (χ1v) is 9.16. The third-order valence-corrected chi connectivity index (χ3v) is 4.75. The molecule has 2 atom stereocenters. The fourth-order valence-electron chi connectivity index (χ4n) is 3.22. The molecule has 1 heterocycles. The topological polar surface area (TPSA) is 50.8 Å². The van der Waals surface area contributed by atoms with E-state index in [1.54, 1.807) is 0 Å². The molecule has 23 heavy (non-hydrogen) atoms. The number of carbonyl (C=O) groups is 1. The Morgan fingerprint density at radius 1 is 1.39 bits per heavy atom. The molecular weight excluding hydrogens is 292 g/mol. The van der Waals surface area contributed by atoms with E-state index in [-0.39, 0.29) is 12.1 Å². The maximum Gasteiger partial charge on any atom is 0.410 e. The predicted octanol–water partition coefficient (Wildman–Crippen LogP) is 3.18. The summed E-state index contributed by atoms with van der Waals surface area (Å²) >= 11 is 0. The molecular formula is C18H34N2O3. The molecule has 2 fully saturated rings. The summed E-state index contributed by atoms with van der Waals surface area (Å²) < 4.78 is 11.1. The van der Waals surface area contributed by atoms with Gasteiger partial charge in [-0.25, -0.2) is 4.79 Å². The summed E-state index contributed by atoms with van der Waals surface area (Å²) in [6.45, 7) is 10.8. The number of amides is 1. The largest absolute Gasteiger partial charge is 0.444 e. The van der Waals surface area contributed by atoms with Crippen molar-refractivity contribution in [3.63, 3.8) is 0 Å². The van der Waals surface area contributed by atoms with Gasteiger partial charge in [-0.15, -0.1) is 0 Å². The van der Waals surface area contributed by atoms with Gasteiger partial charge in [-0.1, -0.05) is 19.3 Å². The van der Waals surface area contributed by atoms with Crippen LogP contribution in [0, 0.1) is 5.92 Å². The number of hydrogen-bond donors (Lipinski definition) is 1. The van der Waals surface area contributed by atoms with Crippen LogP contribution < -0.4 is 5.32 Å². The van der Waals surface area contributed by atoms with Crippen molar-refractivity contribution in [2.45, 2.75) is 77.5 Å². The summed E-state index contributed by atoms with van der Waals surface area (Å²) in [6.07, 6.45) is 6.18. The van der Waals surface area contributed by atoms with E-state index >= 15 is 0 Å². The van der Waals surface area contributed by atoms with Crippen LogP contribution in [0.1, 0.15) is 59.8 Å². The lowest BCUT2D eigenvalue weighted by molar-refractivity contribution is -0.0355. The van der Waals surface area contributed by atoms with Gasteiger partial charge in [0.15, 0.2) is 0 Å². The Labute approximate surface area is 141 Å². The minimum absolute atomic E-state index is 0.102. The third-order valence-electron chi connectivity index (χ3n) is 4.75. The van der Waals surface area contributed by atoms with Crippen LogP contribution in [-0.2, 0) is 9.47 Å². The lowest BCUT2D eigenvalue weighted by Crippen LogP contribution is -2.52. The summed E-state index contributed by atoms with van der Waals surface area (Å²) in [4.78, 5) is 14.2. The maximum atomic E-state index is 12.4. The molecule has 134 valence electrons. The van der Waals surface area contributed by atoms with Crippen molar-refractivity contribution < 1.29 is 14.3 Å². The van der Waals surface area contributed by atoms with Crippen LogP contribution in [0.4, 0.5) is 4.79 Å². The van der Waals surface area contributed by atoms with Gasteiger partial charge in [-0.05, 0) is 53.0 Å². The molecule has 1 saturated heterocycles. The fraction of sp³-hybridized carbons (Fsp3) is 0.944. The second kappa shape index (κ2) is 8.34. The highest BCUT2D eigenvalue weighted by Crippen LogP contribution is 2.28. The van der Waals surface area contributed by atoms with Crippen LogP contribution >= 0.6 is 0 Å². The minimum atomic E-state index is -0.452. The van der Waals surface area contributed by atoms with E-state index in [4.69, 9.17) is 9.47 Å². The Bertz CT molecular complexity index is 377. The average Bonchev–Trinajstić information content (AvgIpc) is 2.40. The van der Waals surface area contributed by atoms with Gasteiger partial charge in [0, 0.05) is 12.6 Å². The molecule has 0 radical (unpaired) electrons. The summed E-state index contributed by atoms with van der Waals surface area (Å²) in [5.74, 6) is 0.936. The molecule has 1 aliphatic carbocycles. The van der Waals surface area contributed by atoms with Gasteiger partial charge in [-0.2, -0.15) is 0 Å². The highest BCUT2D eigenvalue weighted by atomic mass is 16.6. The van der Waals surface area contributed by atoms with E-state index in [0.29, 0.717) is 25.8 Å². The number of rotatable bonds is 6. The van der Waals surface area contributed by atoms with E-state index in [0.717, 1.165) is 18.9 Å². The zero-order valence-electron chi connectivity index (χ0n) is 15.3. The zero-order valence-corrected chi connectivity index (χ0v) is 15.3. The first kappa shape index (κ1) is 18.5. The Kier molecular flexibility index (Phi) is 6.72. The first-order valence-electron chi connectivity index (χ1n) is 9.16. The number of morpholine rings is 1. The number of ether oxygens (including phenoxy) is 2. The van der Waals surface area contributed by atoms with Gasteiger partial charge >= 0.3 is 6.09 Å². The minimum Gasteiger partial charge on any atom is -0.444 e. The molecule has 1 N–H and O–H groups in total. The van der Waals surface area contributed by atoms with Crippen molar-refractivity contribution >= 4 is 6.09 Å². The molecule has 1 aliphatic heterocycles. The van der Waals surface area contributed by atoms with E-state index in [9.17, 15) is 4.79 Å². The molecule has 0 aromatic carbocycles. The SMILES string of the molecule is CC(CC1COCCN1C(=O)OC(C)(C)C)NCCC1CCC1. The quantitative estimate of drug-likeness (QED) is 0.814. The summed E-state index contributed by atoms with van der Waals surface area (Å²) in [5, 5.41) is 3.60. The fourth-order valence-corrected chi connectivity index (χ4v) is 3.22. The van der Waals surface area contributed by atoms with Gasteiger partial charge < -0.3 is 19.7 Å². The molecule has 0 aromatic rings. The number of nitrogens with one attached hydrogen (secondary N) is 1. The molecule has 0 spiro atoms. The van der Waals surface area contributed by atoms with Crippen LogP contribution in [-0.4, -0.2) is 55.0 Å². The van der Waals surface area contributed by atoms with Gasteiger partial charge in [0.2, 0.25) is 0 Å². The van der Waals surface area contributed by atoms with Gasteiger partial charge in [-0.3, -0.25) is 0 Å². The zero-order chi connectivity index (χ0) is 16.9. The van der Waals surface area contributed by atoms with Crippen molar-refractivity contribution in [2.75, 3.05) is 26.3 Å². The Balaban J connectivity index is 1.76. The number of carbonyl (C=O) groups excluding carboxylic acids is 1. The second-order valence-corrected chi connectivity index (χ2v) is 8.08. The van der Waals surface area contributed by atoms with Crippen LogP contribution in [0.5, 0.6) is 0 Å². The van der Waals surface area contributed by atoms with Crippen LogP contribution in [0.2, 0.25) is 0 Å². The molecule has 1 saturated carbocycles. The van der Waals surface area contributed by atoms with E-state index in [1.165, 1.54) is 25.7 Å². The summed E-state index contributed by atoms with van der Waals surface area (Å²) in [7, 11) is 0. The smallest absolute Gasteiger partial charge is 0.410 e. The van der Waals surface area contributed by atoms with Gasteiger partial charge in [0.25, 0.3) is 0 Å². The molecule has 0 aromatic heterocycles. The molecule has 2 rings (SSSR count). The maximum absolute atomic E-state index is 12.4. The lowest BCUT2D eigenvalue weighted by Gasteiger charge is -2.38. The molecule has 5 nitrogen and oxygen atoms in total. The van der Waals surface area contributed by atoms with Crippen molar-refractivity contribution in [1.29, 1.82) is 0 Å². The Hall–Kier alpha value is -0.810. The highest BCUT2D eigenvalue weighted by molar-refractivity contribution is 5.68. The average molecular weight is 326 g/mol. The molecule has 2 aliphatic rings.